The first-order valence-corrected chi connectivity index (χ1v) is 14.7. The van der Waals surface area contributed by atoms with Crippen molar-refractivity contribution < 1.29 is 8.85 Å². The van der Waals surface area contributed by atoms with E-state index in [4.69, 9.17) is 14.6 Å². The molecule has 0 spiro atoms. The Hall–Kier alpha value is 0.314. The van der Waals surface area contributed by atoms with Gasteiger partial charge in [0.15, 0.2) is 8.32 Å². The first kappa shape index (κ1) is 21.4. The summed E-state index contributed by atoms with van der Waals surface area (Å²) < 4.78 is 13.2. The van der Waals surface area contributed by atoms with E-state index >= 15 is 0 Å². The molecule has 3 nitrogen and oxygen atoms in total. The molecule has 0 aromatic heterocycles. The number of nitrogens with two attached hydrogens (primary N) is 1. The first-order valence-electron chi connectivity index (χ1n) is 9.21. The van der Waals surface area contributed by atoms with Gasteiger partial charge in [0.05, 0.1) is 6.23 Å². The van der Waals surface area contributed by atoms with Gasteiger partial charge in [-0.25, -0.2) is 0 Å². The van der Waals surface area contributed by atoms with Gasteiger partial charge in [-0.1, -0.05) is 41.5 Å². The summed E-state index contributed by atoms with van der Waals surface area (Å²) in [6, 6.07) is 0.384. The molecular weight excluding hydrogens is 318 g/mol. The Kier molecular flexibility index (Phi) is 6.76. The Morgan fingerprint density at radius 2 is 1.48 bits per heavy atom. The fraction of sp³-hybridized carbons (Fsp3) is 1.00. The molecule has 1 saturated carbocycles. The van der Waals surface area contributed by atoms with Gasteiger partial charge in [-0.3, -0.25) is 0 Å². The molecule has 0 aliphatic heterocycles. The van der Waals surface area contributed by atoms with Crippen molar-refractivity contribution in [3.8, 4) is 0 Å². The van der Waals surface area contributed by atoms with E-state index in [0.29, 0.717) is 12.0 Å². The zero-order valence-electron chi connectivity index (χ0n) is 17.1. The molecule has 1 aliphatic rings. The molecular formula is C18H41NO2Si2. The van der Waals surface area contributed by atoms with E-state index in [9.17, 15) is 0 Å². The quantitative estimate of drug-likeness (QED) is 0.674. The summed E-state index contributed by atoms with van der Waals surface area (Å²) in [5.41, 5.74) is 6.05. The van der Waals surface area contributed by atoms with Crippen LogP contribution in [0.1, 0.15) is 60.8 Å². The minimum absolute atomic E-state index is 0.177. The van der Waals surface area contributed by atoms with Crippen LogP contribution in [0.15, 0.2) is 0 Å². The van der Waals surface area contributed by atoms with Crippen LogP contribution in [0.25, 0.3) is 0 Å². The van der Waals surface area contributed by atoms with Gasteiger partial charge in [0.25, 0.3) is 0 Å². The molecule has 0 amide bonds. The highest BCUT2D eigenvalue weighted by Gasteiger charge is 2.46. The topological polar surface area (TPSA) is 44.5 Å². The van der Waals surface area contributed by atoms with E-state index in [2.05, 4.69) is 61.2 Å². The Balaban J connectivity index is 2.71. The van der Waals surface area contributed by atoms with E-state index in [0.717, 1.165) is 25.7 Å². The van der Waals surface area contributed by atoms with Crippen molar-refractivity contribution in [1.82, 2.24) is 0 Å². The molecule has 2 N–H and O–H groups in total. The maximum atomic E-state index is 6.61. The smallest absolute Gasteiger partial charge is 0.218 e. The SMILES string of the molecule is CC(C)(C)[Si](C)(C)OC[Si](C)(OCC1CCC(N)C1)C(C)(C)C. The second-order valence-corrected chi connectivity index (χ2v) is 19.6. The summed E-state index contributed by atoms with van der Waals surface area (Å²) in [7, 11) is -3.69. The summed E-state index contributed by atoms with van der Waals surface area (Å²) in [6.45, 7) is 21.7. The molecule has 0 radical (unpaired) electrons. The Morgan fingerprint density at radius 1 is 0.913 bits per heavy atom. The molecule has 1 fully saturated rings. The normalized spacial score (nSPS) is 26.3. The van der Waals surface area contributed by atoms with Gasteiger partial charge in [-0.2, -0.15) is 0 Å². The Morgan fingerprint density at radius 3 is 1.87 bits per heavy atom. The highest BCUT2D eigenvalue weighted by atomic mass is 28.4. The Labute approximate surface area is 147 Å². The van der Waals surface area contributed by atoms with Crippen LogP contribution in [0.4, 0.5) is 0 Å². The monoisotopic (exact) mass is 359 g/mol. The number of hydrogen-bond acceptors (Lipinski definition) is 3. The van der Waals surface area contributed by atoms with E-state index in [1.165, 1.54) is 6.42 Å². The summed E-state index contributed by atoms with van der Waals surface area (Å²) >= 11 is 0. The fourth-order valence-corrected chi connectivity index (χ4v) is 7.11. The number of rotatable bonds is 6. The van der Waals surface area contributed by atoms with Crippen LogP contribution in [-0.4, -0.2) is 35.5 Å². The van der Waals surface area contributed by atoms with Crippen molar-refractivity contribution in [2.45, 2.75) is 96.6 Å². The molecule has 0 bridgehead atoms. The van der Waals surface area contributed by atoms with Gasteiger partial charge in [0.1, 0.15) is 0 Å². The van der Waals surface area contributed by atoms with Crippen molar-refractivity contribution in [3.63, 3.8) is 0 Å². The molecule has 0 heterocycles. The van der Waals surface area contributed by atoms with E-state index < -0.39 is 16.6 Å². The molecule has 0 aromatic carbocycles. The van der Waals surface area contributed by atoms with E-state index in [1.807, 2.05) is 0 Å². The van der Waals surface area contributed by atoms with Gasteiger partial charge in [-0.15, -0.1) is 0 Å². The lowest BCUT2D eigenvalue weighted by molar-refractivity contribution is 0.203. The second-order valence-electron chi connectivity index (χ2n) is 10.3. The number of hydrogen-bond donors (Lipinski definition) is 1. The van der Waals surface area contributed by atoms with Crippen molar-refractivity contribution in [2.75, 3.05) is 12.8 Å². The maximum Gasteiger partial charge on any atom is 0.218 e. The summed E-state index contributed by atoms with van der Waals surface area (Å²) in [5.74, 6) is 0.645. The minimum atomic E-state index is -1.96. The van der Waals surface area contributed by atoms with Crippen LogP contribution in [0.2, 0.25) is 29.7 Å². The van der Waals surface area contributed by atoms with Crippen molar-refractivity contribution in [2.24, 2.45) is 11.7 Å². The molecule has 23 heavy (non-hydrogen) atoms. The standard InChI is InChI=1S/C18H41NO2Si2/c1-17(2,3)22(7,8)21-14-23(9,18(4,5)6)20-13-15-10-11-16(19)12-15/h15-16H,10-14,19H2,1-9H3. The van der Waals surface area contributed by atoms with Crippen LogP contribution in [0, 0.1) is 5.92 Å². The summed E-state index contributed by atoms with van der Waals surface area (Å²) in [4.78, 5) is 0. The third-order valence-corrected chi connectivity index (χ3v) is 15.8. The van der Waals surface area contributed by atoms with Crippen molar-refractivity contribution in [1.29, 1.82) is 0 Å². The zero-order chi connectivity index (χ0) is 18.1. The fourth-order valence-electron chi connectivity index (χ4n) is 2.58. The van der Waals surface area contributed by atoms with Crippen LogP contribution in [0.3, 0.4) is 0 Å². The van der Waals surface area contributed by atoms with Gasteiger partial charge >= 0.3 is 0 Å². The first-order chi connectivity index (χ1) is 10.2. The van der Waals surface area contributed by atoms with Crippen molar-refractivity contribution >= 4 is 16.6 Å². The zero-order valence-corrected chi connectivity index (χ0v) is 19.1. The lowest BCUT2D eigenvalue weighted by Gasteiger charge is -2.44. The average molecular weight is 360 g/mol. The molecule has 0 saturated heterocycles. The Bertz CT molecular complexity index is 387. The van der Waals surface area contributed by atoms with Gasteiger partial charge in [0, 0.05) is 12.6 Å². The third-order valence-electron chi connectivity index (χ3n) is 6.32. The molecule has 138 valence electrons. The summed E-state index contributed by atoms with van der Waals surface area (Å²) in [6.07, 6.45) is 4.31. The molecule has 3 atom stereocenters. The lowest BCUT2D eigenvalue weighted by Crippen LogP contribution is -2.54. The second kappa shape index (κ2) is 7.28. The van der Waals surface area contributed by atoms with Crippen LogP contribution in [0.5, 0.6) is 0 Å². The van der Waals surface area contributed by atoms with Crippen LogP contribution < -0.4 is 5.73 Å². The molecule has 1 rings (SSSR count). The molecule has 5 heteroatoms. The lowest BCUT2D eigenvalue weighted by atomic mass is 10.1. The largest absolute Gasteiger partial charge is 0.417 e. The predicted octanol–water partition coefficient (Wildman–Crippen LogP) is 5.07. The average Bonchev–Trinajstić information content (AvgIpc) is 2.77. The van der Waals surface area contributed by atoms with E-state index in [-0.39, 0.29) is 10.1 Å². The highest BCUT2D eigenvalue weighted by Crippen LogP contribution is 2.41. The molecule has 0 aromatic rings. The minimum Gasteiger partial charge on any atom is -0.417 e. The van der Waals surface area contributed by atoms with Crippen LogP contribution >= 0.6 is 0 Å². The van der Waals surface area contributed by atoms with Gasteiger partial charge < -0.3 is 14.6 Å². The highest BCUT2D eigenvalue weighted by molar-refractivity contribution is 6.78. The molecule has 3 unspecified atom stereocenters. The van der Waals surface area contributed by atoms with Crippen molar-refractivity contribution in [3.05, 3.63) is 0 Å². The van der Waals surface area contributed by atoms with Gasteiger partial charge in [0.2, 0.25) is 8.32 Å². The molecule has 1 aliphatic carbocycles. The van der Waals surface area contributed by atoms with Gasteiger partial charge in [-0.05, 0) is 54.9 Å². The maximum absolute atomic E-state index is 6.61. The third kappa shape index (κ3) is 5.67. The predicted molar refractivity (Wildman–Crippen MR) is 106 cm³/mol. The summed E-state index contributed by atoms with van der Waals surface area (Å²) in [5, 5.41) is 0.425. The van der Waals surface area contributed by atoms with Crippen LogP contribution in [-0.2, 0) is 8.85 Å². The van der Waals surface area contributed by atoms with E-state index in [1.54, 1.807) is 0 Å².